The van der Waals surface area contributed by atoms with E-state index in [1.54, 1.807) is 19.1 Å². The van der Waals surface area contributed by atoms with E-state index in [1.807, 2.05) is 11.9 Å². The second kappa shape index (κ2) is 7.21. The Morgan fingerprint density at radius 2 is 2.15 bits per heavy atom. The van der Waals surface area contributed by atoms with Crippen LogP contribution in [0.3, 0.4) is 0 Å². The Balaban J connectivity index is 2.80. The highest BCUT2D eigenvalue weighted by molar-refractivity contribution is 5.76. The zero-order valence-electron chi connectivity index (χ0n) is 12.4. The first-order valence-electron chi connectivity index (χ1n) is 6.67. The zero-order chi connectivity index (χ0) is 15.3. The molecule has 0 saturated carbocycles. The maximum atomic E-state index is 11.5. The lowest BCUT2D eigenvalue weighted by Crippen LogP contribution is -2.38. The molecule has 0 amide bonds. The predicted molar refractivity (Wildman–Crippen MR) is 77.3 cm³/mol. The molecule has 6 nitrogen and oxygen atoms in total. The molecule has 2 atom stereocenters. The summed E-state index contributed by atoms with van der Waals surface area (Å²) in [6.45, 7) is 6.03. The quantitative estimate of drug-likeness (QED) is 0.752. The van der Waals surface area contributed by atoms with Crippen LogP contribution in [0.25, 0.3) is 0 Å². The Morgan fingerprint density at radius 3 is 2.60 bits per heavy atom. The maximum absolute atomic E-state index is 11.5. The van der Waals surface area contributed by atoms with Crippen molar-refractivity contribution in [2.24, 2.45) is 5.73 Å². The van der Waals surface area contributed by atoms with E-state index in [4.69, 9.17) is 10.5 Å². The number of pyridine rings is 1. The number of aliphatic hydroxyl groups is 1. The fourth-order valence-corrected chi connectivity index (χ4v) is 1.62. The molecule has 0 aliphatic rings. The van der Waals surface area contributed by atoms with Gasteiger partial charge in [0, 0.05) is 24.8 Å². The van der Waals surface area contributed by atoms with Gasteiger partial charge in [0.25, 0.3) is 0 Å². The van der Waals surface area contributed by atoms with Gasteiger partial charge in [-0.2, -0.15) is 0 Å². The highest BCUT2D eigenvalue weighted by atomic mass is 16.5. The summed E-state index contributed by atoms with van der Waals surface area (Å²) in [6, 6.07) is 2.71. The number of hydrogen-bond acceptors (Lipinski definition) is 6. The van der Waals surface area contributed by atoms with E-state index in [1.165, 1.54) is 6.20 Å². The summed E-state index contributed by atoms with van der Waals surface area (Å²) in [4.78, 5) is 17.8. The molecule has 0 unspecified atom stereocenters. The molecule has 0 saturated heterocycles. The van der Waals surface area contributed by atoms with Gasteiger partial charge in [-0.3, -0.25) is 4.79 Å². The summed E-state index contributed by atoms with van der Waals surface area (Å²) < 4.78 is 4.79. The number of nitrogens with zero attached hydrogens (tertiary/aromatic N) is 2. The van der Waals surface area contributed by atoms with Crippen LogP contribution in [0.2, 0.25) is 0 Å². The third-order valence-electron chi connectivity index (χ3n) is 3.15. The van der Waals surface area contributed by atoms with Crippen molar-refractivity contribution in [3.8, 4) is 0 Å². The number of rotatable bonds is 6. The number of carbonyl (C=O) groups is 1. The summed E-state index contributed by atoms with van der Waals surface area (Å²) in [5.74, 6) is 0.170. The Labute approximate surface area is 119 Å². The van der Waals surface area contributed by atoms with Crippen molar-refractivity contribution in [2.45, 2.75) is 39.0 Å². The molecule has 1 heterocycles. The summed E-state index contributed by atoms with van der Waals surface area (Å²) in [5, 5.41) is 10.0. The van der Waals surface area contributed by atoms with Crippen molar-refractivity contribution in [3.63, 3.8) is 0 Å². The van der Waals surface area contributed by atoms with E-state index in [9.17, 15) is 9.90 Å². The fraction of sp³-hybridized carbons (Fsp3) is 0.571. The second-order valence-electron chi connectivity index (χ2n) is 4.88. The average molecular weight is 281 g/mol. The minimum absolute atomic E-state index is 0.232. The Hall–Kier alpha value is -1.66. The maximum Gasteiger partial charge on any atom is 0.325 e. The highest BCUT2D eigenvalue weighted by Gasteiger charge is 2.25. The van der Waals surface area contributed by atoms with Gasteiger partial charge in [0.05, 0.1) is 6.61 Å². The van der Waals surface area contributed by atoms with E-state index in [-0.39, 0.29) is 6.61 Å². The topological polar surface area (TPSA) is 88.7 Å². The monoisotopic (exact) mass is 281 g/mol. The lowest BCUT2D eigenvalue weighted by Gasteiger charge is -2.23. The number of nitrogens with two attached hydrogens (primary N) is 1. The van der Waals surface area contributed by atoms with Crippen molar-refractivity contribution >= 4 is 11.8 Å². The number of esters is 1. The van der Waals surface area contributed by atoms with Crippen LogP contribution < -0.4 is 10.6 Å². The minimum Gasteiger partial charge on any atom is -0.465 e. The smallest absolute Gasteiger partial charge is 0.325 e. The number of ether oxygens (including phenoxy) is 1. The normalized spacial score (nSPS) is 13.9. The zero-order valence-corrected chi connectivity index (χ0v) is 12.4. The standard InChI is InChI=1S/C14H23N3O3/c1-5-20-14(19)12(15)13(18)10-6-7-11(16-8-10)17(4)9(2)3/h6-9,12-13,18H,5,15H2,1-4H3/t12-,13-/m0/s1. The van der Waals surface area contributed by atoms with Crippen molar-refractivity contribution in [1.82, 2.24) is 4.98 Å². The number of aliphatic hydroxyl groups excluding tert-OH is 1. The minimum atomic E-state index is -1.13. The molecular formula is C14H23N3O3. The molecule has 3 N–H and O–H groups in total. The van der Waals surface area contributed by atoms with Crippen LogP contribution in [0, 0.1) is 0 Å². The molecule has 0 aliphatic carbocycles. The first kappa shape index (κ1) is 16.4. The summed E-state index contributed by atoms with van der Waals surface area (Å²) in [6.07, 6.45) is 0.401. The van der Waals surface area contributed by atoms with E-state index < -0.39 is 18.1 Å². The molecule has 6 heteroatoms. The average Bonchev–Trinajstić information content (AvgIpc) is 2.45. The van der Waals surface area contributed by atoms with Crippen LogP contribution in [0.15, 0.2) is 18.3 Å². The van der Waals surface area contributed by atoms with Gasteiger partial charge in [0.15, 0.2) is 0 Å². The largest absolute Gasteiger partial charge is 0.465 e. The Morgan fingerprint density at radius 1 is 1.50 bits per heavy atom. The van der Waals surface area contributed by atoms with Crippen molar-refractivity contribution in [3.05, 3.63) is 23.9 Å². The van der Waals surface area contributed by atoms with Gasteiger partial charge in [-0.15, -0.1) is 0 Å². The Kier molecular flexibility index (Phi) is 5.91. The van der Waals surface area contributed by atoms with E-state index in [2.05, 4.69) is 18.8 Å². The summed E-state index contributed by atoms with van der Waals surface area (Å²) >= 11 is 0. The van der Waals surface area contributed by atoms with Crippen molar-refractivity contribution in [1.29, 1.82) is 0 Å². The molecule has 112 valence electrons. The van der Waals surface area contributed by atoms with Crippen LogP contribution in [-0.4, -0.2) is 41.8 Å². The number of aromatic nitrogens is 1. The fourth-order valence-electron chi connectivity index (χ4n) is 1.62. The third-order valence-corrected chi connectivity index (χ3v) is 3.15. The van der Waals surface area contributed by atoms with Crippen LogP contribution in [0.4, 0.5) is 5.82 Å². The van der Waals surface area contributed by atoms with E-state index in [0.717, 1.165) is 5.82 Å². The summed E-state index contributed by atoms with van der Waals surface area (Å²) in [5.41, 5.74) is 6.15. The SMILES string of the molecule is CCOC(=O)[C@@H](N)[C@@H](O)c1ccc(N(C)C(C)C)nc1. The van der Waals surface area contributed by atoms with Crippen LogP contribution in [-0.2, 0) is 9.53 Å². The number of carbonyl (C=O) groups excluding carboxylic acids is 1. The predicted octanol–water partition coefficient (Wildman–Crippen LogP) is 0.850. The number of anilines is 1. The molecule has 0 radical (unpaired) electrons. The van der Waals surface area contributed by atoms with Gasteiger partial charge in [-0.25, -0.2) is 4.98 Å². The van der Waals surface area contributed by atoms with Crippen molar-refractivity contribution in [2.75, 3.05) is 18.6 Å². The first-order chi connectivity index (χ1) is 9.38. The molecule has 0 bridgehead atoms. The van der Waals surface area contributed by atoms with E-state index >= 15 is 0 Å². The molecule has 1 aromatic rings. The molecule has 0 spiro atoms. The summed E-state index contributed by atoms with van der Waals surface area (Å²) in [7, 11) is 1.94. The second-order valence-corrected chi connectivity index (χ2v) is 4.88. The molecule has 0 fully saturated rings. The molecule has 1 aromatic heterocycles. The van der Waals surface area contributed by atoms with Gasteiger partial charge in [-0.05, 0) is 26.8 Å². The lowest BCUT2D eigenvalue weighted by molar-refractivity contribution is -0.147. The molecule has 20 heavy (non-hydrogen) atoms. The van der Waals surface area contributed by atoms with Gasteiger partial charge in [0.1, 0.15) is 18.0 Å². The molecule has 0 aliphatic heterocycles. The van der Waals surface area contributed by atoms with Crippen LogP contribution in [0.5, 0.6) is 0 Å². The lowest BCUT2D eigenvalue weighted by atomic mass is 10.1. The third kappa shape index (κ3) is 3.91. The highest BCUT2D eigenvalue weighted by Crippen LogP contribution is 2.19. The number of hydrogen-bond donors (Lipinski definition) is 2. The Bertz CT molecular complexity index is 434. The van der Waals surface area contributed by atoms with Crippen molar-refractivity contribution < 1.29 is 14.6 Å². The first-order valence-corrected chi connectivity index (χ1v) is 6.67. The van der Waals surface area contributed by atoms with Gasteiger partial charge < -0.3 is 20.5 Å². The van der Waals surface area contributed by atoms with Crippen LogP contribution >= 0.6 is 0 Å². The van der Waals surface area contributed by atoms with E-state index in [0.29, 0.717) is 11.6 Å². The molecular weight excluding hydrogens is 258 g/mol. The van der Waals surface area contributed by atoms with Gasteiger partial charge >= 0.3 is 5.97 Å². The van der Waals surface area contributed by atoms with Crippen LogP contribution in [0.1, 0.15) is 32.4 Å². The molecule has 1 rings (SSSR count). The van der Waals surface area contributed by atoms with Gasteiger partial charge in [-0.1, -0.05) is 6.07 Å². The van der Waals surface area contributed by atoms with Gasteiger partial charge in [0.2, 0.25) is 0 Å². The molecule has 0 aromatic carbocycles.